The van der Waals surface area contributed by atoms with Crippen molar-refractivity contribution in [3.8, 4) is 0 Å². The number of aromatic nitrogens is 1. The quantitative estimate of drug-likeness (QED) is 0.740. The number of carbonyl (C=O) groups excluding carboxylic acids is 1. The Morgan fingerprint density at radius 1 is 1.44 bits per heavy atom. The van der Waals surface area contributed by atoms with Crippen molar-refractivity contribution in [3.63, 3.8) is 0 Å². The molecule has 0 aliphatic heterocycles. The maximum atomic E-state index is 10.9. The number of nitrogens with zero attached hydrogens (tertiary/aromatic N) is 1. The fraction of sp³-hybridized carbons (Fsp3) is 0.500. The first kappa shape index (κ1) is 13.0. The molecule has 0 aromatic carbocycles. The first-order valence-corrected chi connectivity index (χ1v) is 6.31. The van der Waals surface area contributed by atoms with Crippen LogP contribution < -0.4 is 0 Å². The van der Waals surface area contributed by atoms with Gasteiger partial charge in [-0.3, -0.25) is 9.78 Å². The van der Waals surface area contributed by atoms with Crippen LogP contribution in [0.2, 0.25) is 0 Å². The molecule has 0 atom stereocenters. The zero-order valence-electron chi connectivity index (χ0n) is 9.90. The number of ether oxygens (including phenoxy) is 1. The molecule has 0 unspecified atom stereocenters. The molecule has 0 saturated heterocycles. The summed E-state index contributed by atoms with van der Waals surface area (Å²) in [6, 6.07) is 3.98. The van der Waals surface area contributed by atoms with Gasteiger partial charge in [-0.15, -0.1) is 0 Å². The van der Waals surface area contributed by atoms with E-state index >= 15 is 0 Å². The van der Waals surface area contributed by atoms with Gasteiger partial charge in [-0.2, -0.15) is 11.8 Å². The molecule has 0 aliphatic carbocycles. The minimum atomic E-state index is -0.399. The molecule has 0 N–H and O–H groups in total. The van der Waals surface area contributed by atoms with Crippen LogP contribution in [0.25, 0.3) is 0 Å². The van der Waals surface area contributed by atoms with Crippen LogP contribution in [0.15, 0.2) is 24.5 Å². The number of carbonyl (C=O) groups is 1. The van der Waals surface area contributed by atoms with Gasteiger partial charge in [0, 0.05) is 30.8 Å². The van der Waals surface area contributed by atoms with E-state index in [-0.39, 0.29) is 5.97 Å². The molecule has 0 bridgehead atoms. The van der Waals surface area contributed by atoms with Gasteiger partial charge in [0.15, 0.2) is 0 Å². The highest BCUT2D eigenvalue weighted by atomic mass is 32.2. The molecule has 1 rings (SSSR count). The Labute approximate surface area is 101 Å². The standard InChI is InChI=1S/C12H17NO2S/c1-10(14)15-12(2,3)9-16-8-11-4-6-13-7-5-11/h4-7H,8-9H2,1-3H3. The number of hydrogen-bond donors (Lipinski definition) is 0. The summed E-state index contributed by atoms with van der Waals surface area (Å²) >= 11 is 1.75. The second-order valence-electron chi connectivity index (χ2n) is 4.20. The van der Waals surface area contributed by atoms with Crippen molar-refractivity contribution < 1.29 is 9.53 Å². The van der Waals surface area contributed by atoms with Gasteiger partial charge in [0.1, 0.15) is 5.60 Å². The fourth-order valence-corrected chi connectivity index (χ4v) is 2.39. The van der Waals surface area contributed by atoms with Crippen LogP contribution in [0, 0.1) is 0 Å². The second kappa shape index (κ2) is 5.89. The van der Waals surface area contributed by atoms with Crippen LogP contribution in [0.1, 0.15) is 26.3 Å². The first-order chi connectivity index (χ1) is 7.49. The number of pyridine rings is 1. The van der Waals surface area contributed by atoms with Gasteiger partial charge in [0.05, 0.1) is 0 Å². The Morgan fingerprint density at radius 2 is 2.06 bits per heavy atom. The lowest BCUT2D eigenvalue weighted by atomic mass is 10.2. The maximum absolute atomic E-state index is 10.9. The van der Waals surface area contributed by atoms with Gasteiger partial charge in [-0.1, -0.05) is 0 Å². The van der Waals surface area contributed by atoms with E-state index in [1.54, 1.807) is 24.2 Å². The predicted molar refractivity (Wildman–Crippen MR) is 66.2 cm³/mol. The summed E-state index contributed by atoms with van der Waals surface area (Å²) in [4.78, 5) is 14.8. The molecule has 1 aromatic heterocycles. The Kier molecular flexibility index (Phi) is 4.80. The van der Waals surface area contributed by atoms with E-state index in [0.717, 1.165) is 11.5 Å². The van der Waals surface area contributed by atoms with E-state index in [0.29, 0.717) is 0 Å². The lowest BCUT2D eigenvalue weighted by Gasteiger charge is -2.23. The van der Waals surface area contributed by atoms with Crippen molar-refractivity contribution in [2.24, 2.45) is 0 Å². The molecule has 0 fully saturated rings. The summed E-state index contributed by atoms with van der Waals surface area (Å²) in [5, 5.41) is 0. The highest BCUT2D eigenvalue weighted by Gasteiger charge is 2.20. The number of thioether (sulfide) groups is 1. The molecule has 88 valence electrons. The van der Waals surface area contributed by atoms with Gasteiger partial charge in [-0.05, 0) is 31.5 Å². The van der Waals surface area contributed by atoms with Gasteiger partial charge in [0.25, 0.3) is 0 Å². The third-order valence-corrected chi connectivity index (χ3v) is 3.32. The van der Waals surface area contributed by atoms with E-state index in [4.69, 9.17) is 4.74 Å². The van der Waals surface area contributed by atoms with Crippen molar-refractivity contribution in [2.45, 2.75) is 32.1 Å². The topological polar surface area (TPSA) is 39.2 Å². The molecule has 0 radical (unpaired) electrons. The highest BCUT2D eigenvalue weighted by Crippen LogP contribution is 2.20. The first-order valence-electron chi connectivity index (χ1n) is 5.16. The summed E-state index contributed by atoms with van der Waals surface area (Å²) in [6.45, 7) is 5.29. The van der Waals surface area contributed by atoms with Crippen molar-refractivity contribution >= 4 is 17.7 Å². The molecule has 0 saturated carbocycles. The van der Waals surface area contributed by atoms with Gasteiger partial charge in [-0.25, -0.2) is 0 Å². The van der Waals surface area contributed by atoms with Crippen molar-refractivity contribution in [1.29, 1.82) is 0 Å². The Hall–Kier alpha value is -1.03. The summed E-state index contributed by atoms with van der Waals surface area (Å²) in [5.41, 5.74) is 0.836. The van der Waals surface area contributed by atoms with Gasteiger partial charge in [0.2, 0.25) is 0 Å². The smallest absolute Gasteiger partial charge is 0.303 e. The van der Waals surface area contributed by atoms with Crippen molar-refractivity contribution in [2.75, 3.05) is 5.75 Å². The Morgan fingerprint density at radius 3 is 2.62 bits per heavy atom. The van der Waals surface area contributed by atoms with E-state index in [9.17, 15) is 4.79 Å². The lowest BCUT2D eigenvalue weighted by molar-refractivity contribution is -0.151. The number of rotatable bonds is 5. The predicted octanol–water partition coefficient (Wildman–Crippen LogP) is 2.66. The molecule has 0 amide bonds. The van der Waals surface area contributed by atoms with Crippen LogP contribution in [-0.4, -0.2) is 22.3 Å². The minimum absolute atomic E-state index is 0.227. The average molecular weight is 239 g/mol. The SMILES string of the molecule is CC(=O)OC(C)(C)CSCc1ccncc1. The van der Waals surface area contributed by atoms with Crippen LogP contribution in [0.5, 0.6) is 0 Å². The Balaban J connectivity index is 2.32. The summed E-state index contributed by atoms with van der Waals surface area (Å²) in [6.07, 6.45) is 3.57. The molecule has 1 heterocycles. The molecule has 1 aromatic rings. The van der Waals surface area contributed by atoms with Gasteiger partial charge < -0.3 is 4.74 Å². The number of hydrogen-bond acceptors (Lipinski definition) is 4. The van der Waals surface area contributed by atoms with Crippen LogP contribution in [0.4, 0.5) is 0 Å². The van der Waals surface area contributed by atoms with Crippen molar-refractivity contribution in [1.82, 2.24) is 4.98 Å². The average Bonchev–Trinajstić information content (AvgIpc) is 2.16. The molecule has 16 heavy (non-hydrogen) atoms. The van der Waals surface area contributed by atoms with Gasteiger partial charge >= 0.3 is 5.97 Å². The zero-order valence-corrected chi connectivity index (χ0v) is 10.7. The normalized spacial score (nSPS) is 11.2. The van der Waals surface area contributed by atoms with E-state index in [1.807, 2.05) is 26.0 Å². The van der Waals surface area contributed by atoms with Crippen LogP contribution in [0.3, 0.4) is 0 Å². The second-order valence-corrected chi connectivity index (χ2v) is 5.19. The number of esters is 1. The van der Waals surface area contributed by atoms with Crippen LogP contribution >= 0.6 is 11.8 Å². The molecule has 4 heteroatoms. The molecule has 0 spiro atoms. The summed E-state index contributed by atoms with van der Waals surface area (Å²) in [7, 11) is 0. The highest BCUT2D eigenvalue weighted by molar-refractivity contribution is 7.98. The summed E-state index contributed by atoms with van der Waals surface area (Å²) in [5.74, 6) is 1.47. The zero-order chi connectivity index (χ0) is 12.0. The van der Waals surface area contributed by atoms with E-state index in [2.05, 4.69) is 4.98 Å². The lowest BCUT2D eigenvalue weighted by Crippen LogP contribution is -2.29. The third-order valence-electron chi connectivity index (χ3n) is 1.89. The molecular weight excluding hydrogens is 222 g/mol. The van der Waals surface area contributed by atoms with E-state index in [1.165, 1.54) is 12.5 Å². The minimum Gasteiger partial charge on any atom is -0.459 e. The molecule has 0 aliphatic rings. The third kappa shape index (κ3) is 5.16. The van der Waals surface area contributed by atoms with Crippen LogP contribution in [-0.2, 0) is 15.3 Å². The monoisotopic (exact) mass is 239 g/mol. The molecular formula is C12H17NO2S. The Bertz CT molecular complexity index is 338. The van der Waals surface area contributed by atoms with E-state index < -0.39 is 5.60 Å². The fourth-order valence-electron chi connectivity index (χ4n) is 1.31. The summed E-state index contributed by atoms with van der Waals surface area (Å²) < 4.78 is 5.20. The molecule has 3 nitrogen and oxygen atoms in total. The van der Waals surface area contributed by atoms with Crippen molar-refractivity contribution in [3.05, 3.63) is 30.1 Å². The maximum Gasteiger partial charge on any atom is 0.303 e. The largest absolute Gasteiger partial charge is 0.459 e.